The normalized spacial score (nSPS) is 11.0. The van der Waals surface area contributed by atoms with Crippen LogP contribution in [0.4, 0.5) is 0 Å². The van der Waals surface area contributed by atoms with E-state index in [1.54, 1.807) is 0 Å². The van der Waals surface area contributed by atoms with Gasteiger partial charge >= 0.3 is 0 Å². The largest absolute Gasteiger partial charge is 0.386 e. The predicted octanol–water partition coefficient (Wildman–Crippen LogP) is 4.67. The third-order valence-electron chi connectivity index (χ3n) is 2.12. The fourth-order valence-corrected chi connectivity index (χ4v) is 3.95. The molecule has 0 aliphatic rings. The number of aliphatic hydroxyl groups is 2. The average Bonchev–Trinajstić information content (AvgIpc) is 2.37. The first-order valence-electron chi connectivity index (χ1n) is 4.75. The Hall–Kier alpha value is 1.000. The summed E-state index contributed by atoms with van der Waals surface area (Å²) in [5, 5.41) is 19.0. The van der Waals surface area contributed by atoms with E-state index in [0.717, 1.165) is 0 Å². The van der Waals surface area contributed by atoms with Crippen molar-refractivity contribution in [3.63, 3.8) is 0 Å². The zero-order valence-electron chi connectivity index (χ0n) is 9.05. The molecule has 1 aromatic rings. The average molecular weight is 368 g/mol. The van der Waals surface area contributed by atoms with Gasteiger partial charge < -0.3 is 10.2 Å². The second-order valence-electron chi connectivity index (χ2n) is 3.17. The van der Waals surface area contributed by atoms with Crippen molar-refractivity contribution in [3.05, 3.63) is 31.2 Å². The first-order valence-corrected chi connectivity index (χ1v) is 8.57. The number of hydrogen-bond donors (Lipinski definition) is 2. The third kappa shape index (κ3) is 4.00. The summed E-state index contributed by atoms with van der Waals surface area (Å²) in [6, 6.07) is 0. The molecule has 18 heavy (non-hydrogen) atoms. The molecule has 0 radical (unpaired) electrons. The van der Waals surface area contributed by atoms with Crippen molar-refractivity contribution < 1.29 is 10.2 Å². The highest BCUT2D eigenvalue weighted by molar-refractivity contribution is 7.98. The first kappa shape index (κ1) is 17.1. The Bertz CT molecular complexity index is 361. The van der Waals surface area contributed by atoms with Crippen LogP contribution in [0.2, 0.25) is 20.1 Å². The quantitative estimate of drug-likeness (QED) is 0.566. The molecule has 0 spiro atoms. The van der Waals surface area contributed by atoms with Crippen LogP contribution in [0.5, 0.6) is 0 Å². The molecule has 0 saturated carbocycles. The van der Waals surface area contributed by atoms with Gasteiger partial charge in [-0.25, -0.2) is 0 Å². The Kier molecular flexibility index (Phi) is 7.89. The van der Waals surface area contributed by atoms with Crippen LogP contribution in [0.3, 0.4) is 0 Å². The molecule has 2 nitrogen and oxygen atoms in total. The molecule has 0 amide bonds. The maximum Gasteiger partial charge on any atom is 0.0889 e. The minimum absolute atomic E-state index is 0.0377. The van der Waals surface area contributed by atoms with Gasteiger partial charge in [-0.15, -0.1) is 23.5 Å². The van der Waals surface area contributed by atoms with Crippen molar-refractivity contribution in [2.24, 2.45) is 0 Å². The molecule has 0 unspecified atom stereocenters. The number of rotatable bonds is 6. The molecule has 1 rings (SSSR count). The highest BCUT2D eigenvalue weighted by Crippen LogP contribution is 2.43. The van der Waals surface area contributed by atoms with Gasteiger partial charge in [0.25, 0.3) is 0 Å². The van der Waals surface area contributed by atoms with E-state index in [-0.39, 0.29) is 11.9 Å². The zero-order valence-corrected chi connectivity index (χ0v) is 13.7. The Morgan fingerprint density at radius 1 is 0.667 bits per heavy atom. The number of aliphatic hydroxyl groups excluding tert-OH is 2. The van der Waals surface area contributed by atoms with Gasteiger partial charge in [0.1, 0.15) is 0 Å². The molecule has 1 aromatic carbocycles. The first-order chi connectivity index (χ1) is 8.54. The molecule has 0 aliphatic heterocycles. The van der Waals surface area contributed by atoms with Crippen molar-refractivity contribution in [1.29, 1.82) is 0 Å². The van der Waals surface area contributed by atoms with Crippen LogP contribution in [0, 0.1) is 0 Å². The van der Waals surface area contributed by atoms with Crippen molar-refractivity contribution in [2.75, 3.05) is 11.9 Å². The van der Waals surface area contributed by atoms with Crippen LogP contribution in [-0.2, 0) is 11.5 Å². The monoisotopic (exact) mass is 366 g/mol. The minimum Gasteiger partial charge on any atom is -0.386 e. The van der Waals surface area contributed by atoms with Gasteiger partial charge in [-0.3, -0.25) is 0 Å². The molecule has 0 atom stereocenters. The van der Waals surface area contributed by atoms with Crippen molar-refractivity contribution >= 4 is 69.9 Å². The summed E-state index contributed by atoms with van der Waals surface area (Å²) in [4.78, 5) is 0. The second-order valence-corrected chi connectivity index (χ2v) is 6.59. The number of halogens is 4. The molecule has 0 aromatic heterocycles. The molecular weight excluding hydrogens is 358 g/mol. The maximum atomic E-state index is 8.80. The van der Waals surface area contributed by atoms with Crippen LogP contribution in [0.1, 0.15) is 11.1 Å². The highest BCUT2D eigenvalue weighted by atomic mass is 35.5. The summed E-state index contributed by atoms with van der Waals surface area (Å²) >= 11 is 27.1. The summed E-state index contributed by atoms with van der Waals surface area (Å²) in [6.45, 7) is 0. The van der Waals surface area contributed by atoms with Crippen LogP contribution in [0.25, 0.3) is 0 Å². The molecule has 8 heteroatoms. The van der Waals surface area contributed by atoms with Gasteiger partial charge in [0.15, 0.2) is 0 Å². The van der Waals surface area contributed by atoms with E-state index in [0.29, 0.717) is 42.7 Å². The number of hydrogen-bond acceptors (Lipinski definition) is 4. The van der Waals surface area contributed by atoms with E-state index in [9.17, 15) is 0 Å². The predicted molar refractivity (Wildman–Crippen MR) is 83.2 cm³/mol. The van der Waals surface area contributed by atoms with Crippen molar-refractivity contribution in [1.82, 2.24) is 0 Å². The molecule has 0 saturated heterocycles. The Labute approximate surface area is 134 Å². The van der Waals surface area contributed by atoms with E-state index in [4.69, 9.17) is 56.6 Å². The van der Waals surface area contributed by atoms with Crippen LogP contribution >= 0.6 is 69.9 Å². The minimum atomic E-state index is -0.0377. The standard InChI is InChI=1S/C10H10Cl4O2S2/c11-7-5(1-17-3-15)8(12)10(14)6(9(7)13)2-18-4-16/h15-16H,1-4H2. The molecule has 0 aliphatic carbocycles. The molecule has 0 bridgehead atoms. The van der Waals surface area contributed by atoms with Crippen LogP contribution in [-0.4, -0.2) is 22.1 Å². The lowest BCUT2D eigenvalue weighted by Crippen LogP contribution is -1.95. The summed E-state index contributed by atoms with van der Waals surface area (Å²) in [6.07, 6.45) is 0. The third-order valence-corrected chi connectivity index (χ3v) is 5.33. The summed E-state index contributed by atoms with van der Waals surface area (Å²) in [5.41, 5.74) is 1.23. The van der Waals surface area contributed by atoms with E-state index in [1.165, 1.54) is 23.5 Å². The van der Waals surface area contributed by atoms with E-state index < -0.39 is 0 Å². The van der Waals surface area contributed by atoms with Crippen molar-refractivity contribution in [3.8, 4) is 0 Å². The van der Waals surface area contributed by atoms with E-state index in [2.05, 4.69) is 0 Å². The number of thioether (sulfide) groups is 2. The Morgan fingerprint density at radius 2 is 0.944 bits per heavy atom. The van der Waals surface area contributed by atoms with E-state index >= 15 is 0 Å². The lowest BCUT2D eigenvalue weighted by atomic mass is 10.1. The Morgan fingerprint density at radius 3 is 1.17 bits per heavy atom. The van der Waals surface area contributed by atoms with E-state index in [1.807, 2.05) is 0 Å². The van der Waals surface area contributed by atoms with Gasteiger partial charge in [-0.05, 0) is 0 Å². The van der Waals surface area contributed by atoms with Gasteiger partial charge in [-0.1, -0.05) is 46.4 Å². The van der Waals surface area contributed by atoms with Gasteiger partial charge in [-0.2, -0.15) is 0 Å². The van der Waals surface area contributed by atoms with Crippen LogP contribution < -0.4 is 0 Å². The lowest BCUT2D eigenvalue weighted by Gasteiger charge is -2.14. The Balaban J connectivity index is 3.18. The number of benzene rings is 1. The fraction of sp³-hybridized carbons (Fsp3) is 0.400. The molecule has 0 heterocycles. The van der Waals surface area contributed by atoms with Gasteiger partial charge in [0.05, 0.1) is 32.0 Å². The SMILES string of the molecule is OCSCc1c(Cl)c(Cl)c(CSCO)c(Cl)c1Cl. The van der Waals surface area contributed by atoms with Crippen molar-refractivity contribution in [2.45, 2.75) is 11.5 Å². The fourth-order valence-electron chi connectivity index (χ4n) is 1.27. The summed E-state index contributed by atoms with van der Waals surface area (Å²) < 4.78 is 0. The summed E-state index contributed by atoms with van der Waals surface area (Å²) in [7, 11) is 0. The second kappa shape index (κ2) is 8.32. The van der Waals surface area contributed by atoms with Gasteiger partial charge in [0.2, 0.25) is 0 Å². The van der Waals surface area contributed by atoms with Gasteiger partial charge in [0, 0.05) is 22.6 Å². The molecule has 2 N–H and O–H groups in total. The maximum absolute atomic E-state index is 8.80. The molecule has 0 fully saturated rings. The zero-order chi connectivity index (χ0) is 13.7. The van der Waals surface area contributed by atoms with Crippen LogP contribution in [0.15, 0.2) is 0 Å². The lowest BCUT2D eigenvalue weighted by molar-refractivity contribution is 0.375. The molecular formula is C10H10Cl4O2S2. The summed E-state index contributed by atoms with van der Waals surface area (Å²) in [5.74, 6) is 0.788. The smallest absolute Gasteiger partial charge is 0.0889 e. The topological polar surface area (TPSA) is 40.5 Å². The highest BCUT2D eigenvalue weighted by Gasteiger charge is 2.19. The molecule has 102 valence electrons.